The van der Waals surface area contributed by atoms with Crippen LogP contribution in [0, 0.1) is 5.92 Å². The Labute approximate surface area is 117 Å². The molecule has 0 bridgehead atoms. The van der Waals surface area contributed by atoms with Gasteiger partial charge in [-0.2, -0.15) is 0 Å². The predicted molar refractivity (Wildman–Crippen MR) is 71.4 cm³/mol. The summed E-state index contributed by atoms with van der Waals surface area (Å²) >= 11 is 0. The largest absolute Gasteiger partial charge is 0.481 e. The monoisotopic (exact) mass is 286 g/mol. The number of carboxylic acids is 2. The highest BCUT2D eigenvalue weighted by molar-refractivity contribution is 5.86. The first-order valence-electron chi connectivity index (χ1n) is 6.94. The van der Waals surface area contributed by atoms with Crippen molar-refractivity contribution in [1.82, 2.24) is 10.6 Å². The van der Waals surface area contributed by atoms with E-state index < -0.39 is 30.4 Å². The molecule has 0 aromatic heterocycles. The van der Waals surface area contributed by atoms with Gasteiger partial charge in [0.05, 0.1) is 6.42 Å². The Balaban J connectivity index is 2.44. The average molecular weight is 286 g/mol. The van der Waals surface area contributed by atoms with E-state index in [1.54, 1.807) is 0 Å². The molecule has 0 aromatic carbocycles. The molecule has 1 aliphatic carbocycles. The zero-order valence-corrected chi connectivity index (χ0v) is 11.6. The van der Waals surface area contributed by atoms with Crippen LogP contribution in [0.5, 0.6) is 0 Å². The van der Waals surface area contributed by atoms with E-state index in [1.165, 1.54) is 0 Å². The first kappa shape index (κ1) is 16.3. The van der Waals surface area contributed by atoms with E-state index in [0.29, 0.717) is 5.92 Å². The van der Waals surface area contributed by atoms with Crippen LogP contribution in [0.15, 0.2) is 0 Å². The number of carbonyl (C=O) groups is 3. The number of hydrogen-bond donors (Lipinski definition) is 4. The van der Waals surface area contributed by atoms with Crippen molar-refractivity contribution in [1.29, 1.82) is 0 Å². The van der Waals surface area contributed by atoms with Crippen LogP contribution in [0.1, 0.15) is 45.4 Å². The summed E-state index contributed by atoms with van der Waals surface area (Å²) in [7, 11) is 0. The summed E-state index contributed by atoms with van der Waals surface area (Å²) < 4.78 is 0. The molecule has 0 spiro atoms. The molecular weight excluding hydrogens is 264 g/mol. The van der Waals surface area contributed by atoms with Crippen LogP contribution >= 0.6 is 0 Å². The summed E-state index contributed by atoms with van der Waals surface area (Å²) in [5.41, 5.74) is 0. The second kappa shape index (κ2) is 7.72. The summed E-state index contributed by atoms with van der Waals surface area (Å²) in [4.78, 5) is 33.1. The highest BCUT2D eigenvalue weighted by Gasteiger charge is 2.26. The second-order valence-electron chi connectivity index (χ2n) is 5.24. The quantitative estimate of drug-likeness (QED) is 0.585. The van der Waals surface area contributed by atoms with Crippen LogP contribution in [-0.4, -0.2) is 40.3 Å². The molecule has 114 valence electrons. The fraction of sp³-hybridized carbons (Fsp3) is 0.769. The minimum Gasteiger partial charge on any atom is -0.481 e. The second-order valence-corrected chi connectivity index (χ2v) is 5.24. The Kier molecular flexibility index (Phi) is 6.27. The molecule has 0 aromatic rings. The van der Waals surface area contributed by atoms with Crippen LogP contribution in [-0.2, 0) is 9.59 Å². The lowest BCUT2D eigenvalue weighted by molar-refractivity contribution is -0.145. The van der Waals surface area contributed by atoms with Crippen molar-refractivity contribution in [2.24, 2.45) is 5.92 Å². The molecule has 1 saturated carbocycles. The van der Waals surface area contributed by atoms with Crippen molar-refractivity contribution in [2.45, 2.75) is 57.5 Å². The molecule has 0 saturated heterocycles. The molecule has 2 amide bonds. The highest BCUT2D eigenvalue weighted by atomic mass is 16.4. The van der Waals surface area contributed by atoms with Gasteiger partial charge in [-0.15, -0.1) is 0 Å². The van der Waals surface area contributed by atoms with Gasteiger partial charge in [-0.25, -0.2) is 9.59 Å². The SMILES string of the molecule is CCC1CCCC(NC(=O)NC(CC(=O)O)C(=O)O)C1. The van der Waals surface area contributed by atoms with Gasteiger partial charge in [0.25, 0.3) is 0 Å². The molecule has 4 N–H and O–H groups in total. The van der Waals surface area contributed by atoms with E-state index in [1.807, 2.05) is 0 Å². The molecule has 1 fully saturated rings. The number of carboxylic acid groups (broad SMARTS) is 2. The Morgan fingerprint density at radius 1 is 1.25 bits per heavy atom. The molecule has 1 aliphatic rings. The van der Waals surface area contributed by atoms with Crippen molar-refractivity contribution >= 4 is 18.0 Å². The van der Waals surface area contributed by atoms with Gasteiger partial charge >= 0.3 is 18.0 Å². The van der Waals surface area contributed by atoms with Crippen LogP contribution in [0.25, 0.3) is 0 Å². The van der Waals surface area contributed by atoms with Crippen molar-refractivity contribution in [2.75, 3.05) is 0 Å². The lowest BCUT2D eigenvalue weighted by Gasteiger charge is -2.29. The van der Waals surface area contributed by atoms with Gasteiger partial charge in [0.1, 0.15) is 6.04 Å². The summed E-state index contributed by atoms with van der Waals surface area (Å²) in [5, 5.41) is 22.4. The van der Waals surface area contributed by atoms with Crippen molar-refractivity contribution in [3.63, 3.8) is 0 Å². The molecule has 7 nitrogen and oxygen atoms in total. The molecule has 20 heavy (non-hydrogen) atoms. The van der Waals surface area contributed by atoms with Gasteiger partial charge in [-0.05, 0) is 18.8 Å². The number of hydrogen-bond acceptors (Lipinski definition) is 3. The maximum Gasteiger partial charge on any atom is 0.326 e. The summed E-state index contributed by atoms with van der Waals surface area (Å²) in [6.45, 7) is 2.11. The molecule has 3 unspecified atom stereocenters. The normalized spacial score (nSPS) is 23.6. The zero-order valence-electron chi connectivity index (χ0n) is 11.6. The van der Waals surface area contributed by atoms with Crippen molar-refractivity contribution in [3.8, 4) is 0 Å². The van der Waals surface area contributed by atoms with Crippen LogP contribution in [0.4, 0.5) is 4.79 Å². The summed E-state index contributed by atoms with van der Waals surface area (Å²) in [6.07, 6.45) is 4.40. The lowest BCUT2D eigenvalue weighted by Crippen LogP contribution is -2.50. The number of aliphatic carboxylic acids is 2. The van der Waals surface area contributed by atoms with Gasteiger partial charge in [-0.3, -0.25) is 4.79 Å². The standard InChI is InChI=1S/C13H22N2O5/c1-2-8-4-3-5-9(6-8)14-13(20)15-10(12(18)19)7-11(16)17/h8-10H,2-7H2,1H3,(H,16,17)(H,18,19)(H2,14,15,20). The molecule has 1 rings (SSSR count). The highest BCUT2D eigenvalue weighted by Crippen LogP contribution is 2.26. The number of carbonyl (C=O) groups excluding carboxylic acids is 1. The maximum absolute atomic E-state index is 11.7. The smallest absolute Gasteiger partial charge is 0.326 e. The van der Waals surface area contributed by atoms with Gasteiger partial charge in [-0.1, -0.05) is 26.2 Å². The Morgan fingerprint density at radius 3 is 2.50 bits per heavy atom. The number of amides is 2. The number of urea groups is 1. The third kappa shape index (κ3) is 5.46. The van der Waals surface area contributed by atoms with Crippen molar-refractivity contribution in [3.05, 3.63) is 0 Å². The Bertz CT molecular complexity index is 372. The topological polar surface area (TPSA) is 116 Å². The van der Waals surface area contributed by atoms with E-state index in [4.69, 9.17) is 10.2 Å². The minimum atomic E-state index is -1.40. The minimum absolute atomic E-state index is 0.0352. The van der Waals surface area contributed by atoms with Gasteiger partial charge in [0, 0.05) is 6.04 Å². The fourth-order valence-corrected chi connectivity index (χ4v) is 2.55. The van der Waals surface area contributed by atoms with E-state index in [0.717, 1.165) is 32.1 Å². The van der Waals surface area contributed by atoms with Gasteiger partial charge in [0.2, 0.25) is 0 Å². The third-order valence-corrected chi connectivity index (χ3v) is 3.68. The Hall–Kier alpha value is -1.79. The molecule has 0 radical (unpaired) electrons. The first-order chi connectivity index (χ1) is 9.42. The molecule has 0 aliphatic heterocycles. The maximum atomic E-state index is 11.7. The Morgan fingerprint density at radius 2 is 1.95 bits per heavy atom. The van der Waals surface area contributed by atoms with Crippen LogP contribution in [0.3, 0.4) is 0 Å². The van der Waals surface area contributed by atoms with Gasteiger partial charge in [0.15, 0.2) is 0 Å². The molecular formula is C13H22N2O5. The molecule has 7 heteroatoms. The van der Waals surface area contributed by atoms with E-state index in [-0.39, 0.29) is 6.04 Å². The van der Waals surface area contributed by atoms with Crippen molar-refractivity contribution < 1.29 is 24.6 Å². The van der Waals surface area contributed by atoms with Crippen LogP contribution in [0.2, 0.25) is 0 Å². The van der Waals surface area contributed by atoms with E-state index in [2.05, 4.69) is 17.6 Å². The molecule has 3 atom stereocenters. The van der Waals surface area contributed by atoms with Crippen LogP contribution < -0.4 is 10.6 Å². The molecule has 0 heterocycles. The summed E-state index contributed by atoms with van der Waals surface area (Å²) in [5.74, 6) is -2.03. The number of nitrogens with one attached hydrogen (secondary N) is 2. The van der Waals surface area contributed by atoms with E-state index >= 15 is 0 Å². The number of rotatable bonds is 6. The predicted octanol–water partition coefficient (Wildman–Crippen LogP) is 1.18. The third-order valence-electron chi connectivity index (χ3n) is 3.68. The fourth-order valence-electron chi connectivity index (χ4n) is 2.55. The zero-order chi connectivity index (χ0) is 15.1. The average Bonchev–Trinajstić information content (AvgIpc) is 2.37. The lowest BCUT2D eigenvalue weighted by atomic mass is 9.84. The first-order valence-corrected chi connectivity index (χ1v) is 6.94. The summed E-state index contributed by atoms with van der Waals surface area (Å²) in [6, 6.07) is -1.98. The van der Waals surface area contributed by atoms with E-state index in [9.17, 15) is 14.4 Å². The van der Waals surface area contributed by atoms with Gasteiger partial charge < -0.3 is 20.8 Å².